The van der Waals surface area contributed by atoms with Crippen molar-refractivity contribution in [2.75, 3.05) is 6.54 Å². The smallest absolute Gasteiger partial charge is 0.291 e. The van der Waals surface area contributed by atoms with E-state index in [0.29, 0.717) is 41.9 Å². The molecular formula is C21H17F3N4O2. The number of imidazole rings is 1. The SMILES string of the molecule is Cc1nc2n(c1-c1ccc(Oc3ccc(F)c(F)n3)c(F)c1)CN(CC1CC1)C2=O. The Balaban J connectivity index is 1.43. The number of benzene rings is 1. The molecule has 0 unspecified atom stereocenters. The van der Waals surface area contributed by atoms with Gasteiger partial charge in [0.05, 0.1) is 18.1 Å². The first-order valence-electron chi connectivity index (χ1n) is 9.57. The molecular weight excluding hydrogens is 397 g/mol. The van der Waals surface area contributed by atoms with Gasteiger partial charge in [0.15, 0.2) is 17.4 Å². The van der Waals surface area contributed by atoms with Gasteiger partial charge in [0.2, 0.25) is 11.7 Å². The number of aryl methyl sites for hydroxylation is 1. The van der Waals surface area contributed by atoms with Gasteiger partial charge in [-0.1, -0.05) is 0 Å². The summed E-state index contributed by atoms with van der Waals surface area (Å²) in [6, 6.07) is 6.24. The molecule has 3 aromatic rings. The van der Waals surface area contributed by atoms with Crippen molar-refractivity contribution in [2.45, 2.75) is 26.4 Å². The Bertz CT molecular complexity index is 1170. The topological polar surface area (TPSA) is 60.2 Å². The molecule has 0 bridgehead atoms. The Morgan fingerprint density at radius 3 is 2.60 bits per heavy atom. The molecule has 0 atom stereocenters. The molecule has 1 amide bonds. The summed E-state index contributed by atoms with van der Waals surface area (Å²) in [4.78, 5) is 22.1. The van der Waals surface area contributed by atoms with Gasteiger partial charge in [-0.3, -0.25) is 4.79 Å². The van der Waals surface area contributed by atoms with E-state index in [4.69, 9.17) is 4.74 Å². The third-order valence-electron chi connectivity index (χ3n) is 5.31. The molecule has 5 rings (SSSR count). The maximum atomic E-state index is 14.7. The number of nitrogens with zero attached hydrogens (tertiary/aromatic N) is 4. The lowest BCUT2D eigenvalue weighted by Crippen LogP contribution is -2.27. The summed E-state index contributed by atoms with van der Waals surface area (Å²) in [6.07, 6.45) is 2.27. The van der Waals surface area contributed by atoms with Crippen molar-refractivity contribution in [1.29, 1.82) is 0 Å². The highest BCUT2D eigenvalue weighted by Crippen LogP contribution is 2.35. The van der Waals surface area contributed by atoms with Crippen LogP contribution in [0.1, 0.15) is 29.2 Å². The van der Waals surface area contributed by atoms with Crippen LogP contribution in [0.15, 0.2) is 30.3 Å². The van der Waals surface area contributed by atoms with Crippen LogP contribution in [0.4, 0.5) is 13.2 Å². The van der Waals surface area contributed by atoms with Crippen LogP contribution in [0.3, 0.4) is 0 Å². The van der Waals surface area contributed by atoms with Crippen molar-refractivity contribution in [3.63, 3.8) is 0 Å². The molecule has 0 spiro atoms. The molecule has 30 heavy (non-hydrogen) atoms. The first-order valence-corrected chi connectivity index (χ1v) is 9.57. The molecule has 0 N–H and O–H groups in total. The lowest BCUT2D eigenvalue weighted by molar-refractivity contribution is 0.0758. The monoisotopic (exact) mass is 414 g/mol. The van der Waals surface area contributed by atoms with Crippen molar-refractivity contribution in [1.82, 2.24) is 19.4 Å². The van der Waals surface area contributed by atoms with Gasteiger partial charge >= 0.3 is 0 Å². The molecule has 3 heterocycles. The third-order valence-corrected chi connectivity index (χ3v) is 5.31. The Hall–Kier alpha value is -3.36. The third kappa shape index (κ3) is 3.20. The largest absolute Gasteiger partial charge is 0.436 e. The molecule has 6 nitrogen and oxygen atoms in total. The average molecular weight is 414 g/mol. The van der Waals surface area contributed by atoms with Crippen LogP contribution in [-0.2, 0) is 6.67 Å². The number of carbonyl (C=O) groups is 1. The minimum atomic E-state index is -1.32. The summed E-state index contributed by atoms with van der Waals surface area (Å²) < 4.78 is 48.0. The molecule has 2 aliphatic rings. The summed E-state index contributed by atoms with van der Waals surface area (Å²) in [5.74, 6) is -2.78. The first-order chi connectivity index (χ1) is 14.4. The second-order valence-corrected chi connectivity index (χ2v) is 7.58. The second kappa shape index (κ2) is 6.86. The number of halogens is 3. The summed E-state index contributed by atoms with van der Waals surface area (Å²) >= 11 is 0. The van der Waals surface area contributed by atoms with E-state index >= 15 is 0 Å². The summed E-state index contributed by atoms with van der Waals surface area (Å²) in [5, 5.41) is 0. The molecule has 0 radical (unpaired) electrons. The molecule has 1 saturated carbocycles. The van der Waals surface area contributed by atoms with Gasteiger partial charge in [-0.2, -0.15) is 9.37 Å². The molecule has 9 heteroatoms. The van der Waals surface area contributed by atoms with Crippen LogP contribution in [-0.4, -0.2) is 31.9 Å². The predicted molar refractivity (Wildman–Crippen MR) is 100 cm³/mol. The summed E-state index contributed by atoms with van der Waals surface area (Å²) in [7, 11) is 0. The molecule has 154 valence electrons. The van der Waals surface area contributed by atoms with Crippen molar-refractivity contribution >= 4 is 5.91 Å². The number of ether oxygens (including phenoxy) is 1. The van der Waals surface area contributed by atoms with Crippen molar-refractivity contribution in [2.24, 2.45) is 5.92 Å². The number of amides is 1. The minimum Gasteiger partial charge on any atom is -0.436 e. The van der Waals surface area contributed by atoms with E-state index in [-0.39, 0.29) is 17.5 Å². The van der Waals surface area contributed by atoms with Crippen LogP contribution in [0.2, 0.25) is 0 Å². The Labute approximate surface area is 169 Å². The van der Waals surface area contributed by atoms with E-state index < -0.39 is 17.6 Å². The minimum absolute atomic E-state index is 0.110. The molecule has 2 aromatic heterocycles. The maximum absolute atomic E-state index is 14.7. The predicted octanol–water partition coefficient (Wildman–Crippen LogP) is 4.29. The second-order valence-electron chi connectivity index (χ2n) is 7.58. The lowest BCUT2D eigenvalue weighted by Gasteiger charge is -2.16. The Morgan fingerprint density at radius 1 is 1.10 bits per heavy atom. The van der Waals surface area contributed by atoms with Gasteiger partial charge in [0, 0.05) is 18.2 Å². The number of carbonyl (C=O) groups excluding carboxylic acids is 1. The van der Waals surface area contributed by atoms with Gasteiger partial charge in [0.25, 0.3) is 11.9 Å². The average Bonchev–Trinajstić information content (AvgIpc) is 3.40. The number of fused-ring (bicyclic) bond motifs is 1. The quantitative estimate of drug-likeness (QED) is 0.585. The summed E-state index contributed by atoms with van der Waals surface area (Å²) in [5.41, 5.74) is 1.82. The highest BCUT2D eigenvalue weighted by molar-refractivity contribution is 5.94. The van der Waals surface area contributed by atoms with Gasteiger partial charge in [-0.05, 0) is 49.9 Å². The van der Waals surface area contributed by atoms with Crippen LogP contribution in [0.25, 0.3) is 11.3 Å². The fourth-order valence-electron chi connectivity index (χ4n) is 3.67. The van der Waals surface area contributed by atoms with Gasteiger partial charge in [-0.15, -0.1) is 0 Å². The fourth-order valence-corrected chi connectivity index (χ4v) is 3.67. The van der Waals surface area contributed by atoms with E-state index in [9.17, 15) is 18.0 Å². The molecule has 1 fully saturated rings. The van der Waals surface area contributed by atoms with Gasteiger partial charge in [0.1, 0.15) is 0 Å². The molecule has 1 aliphatic heterocycles. The Kier molecular flexibility index (Phi) is 4.27. The fraction of sp³-hybridized carbons (Fsp3) is 0.286. The standard InChI is InChI=1S/C21H17F3N4O2/c1-11-18(28-10-27(9-12-2-3-12)21(29)20(28)25-11)13-4-6-16(15(23)8-13)30-17-7-5-14(22)19(24)26-17/h4-8,12H,2-3,9-10H2,1H3. The van der Waals surface area contributed by atoms with Crippen LogP contribution in [0.5, 0.6) is 11.6 Å². The zero-order valence-electron chi connectivity index (χ0n) is 16.0. The zero-order valence-corrected chi connectivity index (χ0v) is 16.0. The van der Waals surface area contributed by atoms with E-state index in [1.165, 1.54) is 12.1 Å². The van der Waals surface area contributed by atoms with Crippen molar-refractivity contribution < 1.29 is 22.7 Å². The summed E-state index contributed by atoms with van der Waals surface area (Å²) in [6.45, 7) is 2.87. The lowest BCUT2D eigenvalue weighted by atomic mass is 10.1. The van der Waals surface area contributed by atoms with Crippen LogP contribution < -0.4 is 4.74 Å². The number of hydrogen-bond donors (Lipinski definition) is 0. The van der Waals surface area contributed by atoms with Gasteiger partial charge < -0.3 is 14.2 Å². The van der Waals surface area contributed by atoms with Crippen LogP contribution in [0, 0.1) is 30.4 Å². The molecule has 1 aromatic carbocycles. The number of aromatic nitrogens is 3. The normalized spacial score (nSPS) is 15.6. The molecule has 1 aliphatic carbocycles. The van der Waals surface area contributed by atoms with Crippen molar-refractivity contribution in [3.8, 4) is 22.9 Å². The van der Waals surface area contributed by atoms with Gasteiger partial charge in [-0.25, -0.2) is 13.8 Å². The highest BCUT2D eigenvalue weighted by atomic mass is 19.2. The number of hydrogen-bond acceptors (Lipinski definition) is 4. The number of pyridine rings is 1. The first kappa shape index (κ1) is 18.7. The number of rotatable bonds is 5. The van der Waals surface area contributed by atoms with E-state index in [1.807, 2.05) is 0 Å². The highest BCUT2D eigenvalue weighted by Gasteiger charge is 2.36. The maximum Gasteiger partial charge on any atom is 0.291 e. The van der Waals surface area contributed by atoms with Crippen molar-refractivity contribution in [3.05, 3.63) is 59.4 Å². The zero-order chi connectivity index (χ0) is 21.0. The van der Waals surface area contributed by atoms with E-state index in [1.54, 1.807) is 22.5 Å². The Morgan fingerprint density at radius 2 is 1.90 bits per heavy atom. The van der Waals surface area contributed by atoms with Crippen LogP contribution >= 0.6 is 0 Å². The van der Waals surface area contributed by atoms with E-state index in [0.717, 1.165) is 25.0 Å². The van der Waals surface area contributed by atoms with E-state index in [2.05, 4.69) is 9.97 Å². The molecule has 0 saturated heterocycles.